The van der Waals surface area contributed by atoms with Gasteiger partial charge in [0, 0.05) is 12.6 Å². The van der Waals surface area contributed by atoms with Gasteiger partial charge in [0.05, 0.1) is 25.6 Å². The van der Waals surface area contributed by atoms with E-state index in [2.05, 4.69) is 0 Å². The summed E-state index contributed by atoms with van der Waals surface area (Å²) in [6.45, 7) is 3.06. The molecule has 0 spiro atoms. The molecular weight excluding hydrogens is 266 g/mol. The first-order valence-corrected chi connectivity index (χ1v) is 7.90. The van der Waals surface area contributed by atoms with Crippen LogP contribution < -0.4 is 0 Å². The summed E-state index contributed by atoms with van der Waals surface area (Å²) in [7, 11) is -3.34. The fourth-order valence-corrected chi connectivity index (χ4v) is 3.97. The second kappa shape index (κ2) is 6.00. The van der Waals surface area contributed by atoms with E-state index in [1.165, 1.54) is 4.31 Å². The summed E-state index contributed by atoms with van der Waals surface area (Å²) in [5, 5.41) is 9.07. The van der Waals surface area contributed by atoms with E-state index >= 15 is 0 Å². The first kappa shape index (κ1) is 14.5. The van der Waals surface area contributed by atoms with E-state index in [-0.39, 0.29) is 18.4 Å². The van der Waals surface area contributed by atoms with Crippen molar-refractivity contribution in [1.29, 1.82) is 0 Å². The lowest BCUT2D eigenvalue weighted by Gasteiger charge is -2.32. The normalized spacial score (nSPS) is 21.5. The van der Waals surface area contributed by atoms with E-state index < -0.39 is 10.0 Å². The zero-order valence-corrected chi connectivity index (χ0v) is 11.8. The molecule has 0 aromatic heterocycles. The van der Waals surface area contributed by atoms with Crippen molar-refractivity contribution in [3.05, 3.63) is 35.4 Å². The molecule has 1 fully saturated rings. The molecule has 6 heteroatoms. The summed E-state index contributed by atoms with van der Waals surface area (Å²) in [5.41, 5.74) is 1.42. The molecule has 106 valence electrons. The van der Waals surface area contributed by atoms with Crippen LogP contribution in [0.4, 0.5) is 0 Å². The van der Waals surface area contributed by atoms with Crippen molar-refractivity contribution in [2.45, 2.75) is 25.3 Å². The standard InChI is InChI=1S/C13H19NO4S/c1-11-9-18-6-5-14(11)19(16,17)10-13-4-2-3-12(7-13)8-15/h2-4,7,11,15H,5-6,8-10H2,1H3. The Kier molecular flexibility index (Phi) is 4.57. The van der Waals surface area contributed by atoms with Crippen LogP contribution in [-0.2, 0) is 27.1 Å². The number of ether oxygens (including phenoxy) is 1. The molecule has 1 saturated heterocycles. The molecule has 19 heavy (non-hydrogen) atoms. The Hall–Kier alpha value is -0.950. The predicted molar refractivity (Wildman–Crippen MR) is 72.0 cm³/mol. The van der Waals surface area contributed by atoms with Crippen LogP contribution in [0.5, 0.6) is 0 Å². The third-order valence-corrected chi connectivity index (χ3v) is 5.14. The number of rotatable bonds is 4. The lowest BCUT2D eigenvalue weighted by atomic mass is 10.1. The molecule has 1 unspecified atom stereocenters. The highest BCUT2D eigenvalue weighted by molar-refractivity contribution is 7.88. The highest BCUT2D eigenvalue weighted by atomic mass is 32.2. The molecule has 1 aromatic carbocycles. The highest BCUT2D eigenvalue weighted by Gasteiger charge is 2.30. The van der Waals surface area contributed by atoms with E-state index in [0.717, 1.165) is 5.56 Å². The molecule has 1 atom stereocenters. The maximum absolute atomic E-state index is 12.4. The molecule has 1 heterocycles. The van der Waals surface area contributed by atoms with Crippen LogP contribution in [0.1, 0.15) is 18.1 Å². The second-order valence-corrected chi connectivity index (χ2v) is 6.69. The van der Waals surface area contributed by atoms with Gasteiger partial charge in [-0.25, -0.2) is 8.42 Å². The van der Waals surface area contributed by atoms with Gasteiger partial charge in [-0.3, -0.25) is 0 Å². The van der Waals surface area contributed by atoms with E-state index in [1.54, 1.807) is 24.3 Å². The molecule has 2 rings (SSSR count). The summed E-state index contributed by atoms with van der Waals surface area (Å²) in [4.78, 5) is 0. The van der Waals surface area contributed by atoms with Gasteiger partial charge < -0.3 is 9.84 Å². The topological polar surface area (TPSA) is 66.8 Å². The van der Waals surface area contributed by atoms with Gasteiger partial charge in [-0.05, 0) is 18.1 Å². The number of morpholine rings is 1. The summed E-state index contributed by atoms with van der Waals surface area (Å²) in [6, 6.07) is 6.90. The fourth-order valence-electron chi connectivity index (χ4n) is 2.24. The number of benzene rings is 1. The quantitative estimate of drug-likeness (QED) is 0.885. The number of aliphatic hydroxyl groups is 1. The van der Waals surface area contributed by atoms with Gasteiger partial charge in [-0.15, -0.1) is 0 Å². The van der Waals surface area contributed by atoms with Crippen LogP contribution in [0, 0.1) is 0 Å². The summed E-state index contributed by atoms with van der Waals surface area (Å²) < 4.78 is 31.5. The molecule has 0 radical (unpaired) electrons. The second-order valence-electron chi connectivity index (χ2n) is 4.77. The Balaban J connectivity index is 2.15. The van der Waals surface area contributed by atoms with Crippen molar-refractivity contribution in [3.63, 3.8) is 0 Å². The number of sulfonamides is 1. The van der Waals surface area contributed by atoms with Crippen molar-refractivity contribution in [1.82, 2.24) is 4.31 Å². The van der Waals surface area contributed by atoms with E-state index in [1.807, 2.05) is 6.92 Å². The Morgan fingerprint density at radius 1 is 1.42 bits per heavy atom. The highest BCUT2D eigenvalue weighted by Crippen LogP contribution is 2.17. The maximum atomic E-state index is 12.4. The smallest absolute Gasteiger partial charge is 0.218 e. The van der Waals surface area contributed by atoms with Crippen molar-refractivity contribution >= 4 is 10.0 Å². The van der Waals surface area contributed by atoms with Crippen LogP contribution in [0.3, 0.4) is 0 Å². The Morgan fingerprint density at radius 3 is 2.84 bits per heavy atom. The van der Waals surface area contributed by atoms with Gasteiger partial charge >= 0.3 is 0 Å². The first-order valence-electron chi connectivity index (χ1n) is 6.29. The van der Waals surface area contributed by atoms with E-state index in [4.69, 9.17) is 9.84 Å². The van der Waals surface area contributed by atoms with Crippen LogP contribution >= 0.6 is 0 Å². The molecule has 1 aromatic rings. The van der Waals surface area contributed by atoms with E-state index in [0.29, 0.717) is 25.3 Å². The molecule has 0 saturated carbocycles. The fraction of sp³-hybridized carbons (Fsp3) is 0.538. The summed E-state index contributed by atoms with van der Waals surface area (Å²) in [6.07, 6.45) is 0. The van der Waals surface area contributed by atoms with Crippen molar-refractivity contribution in [2.24, 2.45) is 0 Å². The number of hydrogen-bond donors (Lipinski definition) is 1. The van der Waals surface area contributed by atoms with Gasteiger partial charge in [-0.1, -0.05) is 24.3 Å². The monoisotopic (exact) mass is 285 g/mol. The third kappa shape index (κ3) is 3.54. The molecule has 0 amide bonds. The molecule has 1 N–H and O–H groups in total. The largest absolute Gasteiger partial charge is 0.392 e. The summed E-state index contributed by atoms with van der Waals surface area (Å²) >= 11 is 0. The van der Waals surface area contributed by atoms with Gasteiger partial charge in [0.15, 0.2) is 0 Å². The molecule has 1 aliphatic heterocycles. The molecular formula is C13H19NO4S. The van der Waals surface area contributed by atoms with E-state index in [9.17, 15) is 8.42 Å². The number of hydrogen-bond acceptors (Lipinski definition) is 4. The van der Waals surface area contributed by atoms with Gasteiger partial charge in [-0.2, -0.15) is 4.31 Å². The van der Waals surface area contributed by atoms with Gasteiger partial charge in [0.25, 0.3) is 0 Å². The Bertz CT molecular complexity index is 529. The molecule has 5 nitrogen and oxygen atoms in total. The van der Waals surface area contributed by atoms with Crippen molar-refractivity contribution in [3.8, 4) is 0 Å². The van der Waals surface area contributed by atoms with Crippen molar-refractivity contribution < 1.29 is 18.3 Å². The maximum Gasteiger partial charge on any atom is 0.218 e. The lowest BCUT2D eigenvalue weighted by molar-refractivity contribution is 0.0392. The lowest BCUT2D eigenvalue weighted by Crippen LogP contribution is -2.47. The third-order valence-electron chi connectivity index (χ3n) is 3.19. The van der Waals surface area contributed by atoms with Crippen molar-refractivity contribution in [2.75, 3.05) is 19.8 Å². The van der Waals surface area contributed by atoms with Crippen LogP contribution in [0.2, 0.25) is 0 Å². The summed E-state index contributed by atoms with van der Waals surface area (Å²) in [5.74, 6) is -0.0365. The van der Waals surface area contributed by atoms with Gasteiger partial charge in [0.2, 0.25) is 10.0 Å². The van der Waals surface area contributed by atoms with Crippen LogP contribution in [0.15, 0.2) is 24.3 Å². The first-order chi connectivity index (χ1) is 9.03. The Morgan fingerprint density at radius 2 is 2.16 bits per heavy atom. The number of nitrogens with zero attached hydrogens (tertiary/aromatic N) is 1. The molecule has 0 aliphatic carbocycles. The van der Waals surface area contributed by atoms with Gasteiger partial charge in [0.1, 0.15) is 0 Å². The zero-order valence-electron chi connectivity index (χ0n) is 10.9. The minimum absolute atomic E-state index is 0.0365. The van der Waals surface area contributed by atoms with Crippen LogP contribution in [0.25, 0.3) is 0 Å². The average molecular weight is 285 g/mol. The molecule has 1 aliphatic rings. The minimum atomic E-state index is -3.34. The van der Waals surface area contributed by atoms with Crippen LogP contribution in [-0.4, -0.2) is 43.6 Å². The zero-order chi connectivity index (χ0) is 13.9. The average Bonchev–Trinajstić information content (AvgIpc) is 2.38. The SMILES string of the molecule is CC1COCCN1S(=O)(=O)Cc1cccc(CO)c1. The predicted octanol–water partition coefficient (Wildman–Crippen LogP) is 0.729. The minimum Gasteiger partial charge on any atom is -0.392 e. The molecule has 0 bridgehead atoms. The number of aliphatic hydroxyl groups excluding tert-OH is 1. The Labute approximate surface area is 113 Å².